The Labute approximate surface area is 460 Å². The number of para-hydroxylation sites is 2. The largest absolute Gasteiger partial charge is 0.509 e. The molecule has 8 aromatic carbocycles. The van der Waals surface area contributed by atoms with Crippen LogP contribution in [0.2, 0.25) is 0 Å². The standard InChI is InChI=1S/C67H59N4O.Pt/c1-42-29-31-50(43-35-45(66(5,6)7)37-46(36-43)67(8,9)10)64-62(42)56-25-14-13-22-52(56)51-21-11-12-23-53(51)57-26-18-28-59-63(57)70(64)41-69(59)47-19-17-20-48(39-47)72-49-30-32-55-54-24-15-16-27-58(54)71(60(55)40-49)61-38-44(33-34-68-61)65(2,3)4;/h11-38,41H,1-10H3;/q-3;/i1D3,5D3,6D3,7D3;. The van der Waals surface area contributed by atoms with Crippen LogP contribution in [0.3, 0.4) is 0 Å². The third-order valence-corrected chi connectivity index (χ3v) is 14.0. The number of anilines is 2. The maximum Gasteiger partial charge on any atom is 0.135 e. The summed E-state index contributed by atoms with van der Waals surface area (Å²) in [6.45, 7) is 0.622. The molecule has 0 radical (unpaired) electrons. The number of hydrogen-bond acceptors (Lipinski definition) is 3. The summed E-state index contributed by atoms with van der Waals surface area (Å²) in [5, 5.41) is 6.14. The number of benzene rings is 8. The van der Waals surface area contributed by atoms with Gasteiger partial charge in [0.1, 0.15) is 5.82 Å². The number of rotatable bonds is 5. The first-order valence-electron chi connectivity index (χ1n) is 30.2. The van der Waals surface area contributed by atoms with Crippen molar-refractivity contribution in [1.29, 1.82) is 0 Å². The second-order valence-electron chi connectivity index (χ2n) is 20.9. The van der Waals surface area contributed by atoms with Crippen LogP contribution in [0.25, 0.3) is 82.1 Å². The number of ether oxygens (including phenoxy) is 1. The van der Waals surface area contributed by atoms with Gasteiger partial charge in [0.25, 0.3) is 0 Å². The van der Waals surface area contributed by atoms with Crippen LogP contribution in [-0.2, 0) is 37.3 Å². The second kappa shape index (κ2) is 17.7. The Hall–Kier alpha value is -7.33. The molecule has 0 spiro atoms. The molecule has 0 aliphatic carbocycles. The van der Waals surface area contributed by atoms with Gasteiger partial charge in [0.15, 0.2) is 0 Å². The molecule has 5 nitrogen and oxygen atoms in total. The molecule has 0 bridgehead atoms. The minimum atomic E-state index is -3.56. The van der Waals surface area contributed by atoms with E-state index in [-0.39, 0.29) is 37.6 Å². The van der Waals surface area contributed by atoms with Crippen LogP contribution in [0.5, 0.6) is 11.5 Å². The Bertz CT molecular complexity index is 4520. The molecule has 0 saturated heterocycles. The van der Waals surface area contributed by atoms with Crippen molar-refractivity contribution in [2.45, 2.75) is 85.2 Å². The Morgan fingerprint density at radius 3 is 1.92 bits per heavy atom. The first-order chi connectivity index (χ1) is 39.5. The molecule has 0 atom stereocenters. The van der Waals surface area contributed by atoms with Gasteiger partial charge >= 0.3 is 0 Å². The van der Waals surface area contributed by atoms with Gasteiger partial charge in [0.2, 0.25) is 0 Å². The molecular formula is C67H59N4OPt-3. The first-order valence-corrected chi connectivity index (χ1v) is 24.2. The van der Waals surface area contributed by atoms with Crippen LogP contribution in [-0.4, -0.2) is 14.1 Å². The molecule has 0 fully saturated rings. The number of aryl methyl sites for hydroxylation is 1. The van der Waals surface area contributed by atoms with Crippen molar-refractivity contribution in [3.8, 4) is 28.4 Å². The molecule has 1 aliphatic heterocycles. The molecule has 3 aromatic heterocycles. The number of hydrogen-bond donors (Lipinski definition) is 0. The van der Waals surface area contributed by atoms with Gasteiger partial charge in [0, 0.05) is 66.4 Å². The van der Waals surface area contributed by atoms with Gasteiger partial charge < -0.3 is 18.8 Å². The quantitative estimate of drug-likeness (QED) is 0.161. The minimum Gasteiger partial charge on any atom is -0.509 e. The number of pyridine rings is 1. The summed E-state index contributed by atoms with van der Waals surface area (Å²) in [6, 6.07) is 58.2. The van der Waals surface area contributed by atoms with Crippen LogP contribution in [0.15, 0.2) is 170 Å². The summed E-state index contributed by atoms with van der Waals surface area (Å²) in [7, 11) is 0. The topological polar surface area (TPSA) is 35.2 Å². The number of nitrogens with zero attached hydrogens (tertiary/aromatic N) is 4. The summed E-state index contributed by atoms with van der Waals surface area (Å²) in [4.78, 5) is 6.80. The van der Waals surface area contributed by atoms with Crippen molar-refractivity contribution in [3.05, 3.63) is 211 Å². The zero-order chi connectivity index (χ0) is 59.8. The predicted molar refractivity (Wildman–Crippen MR) is 303 cm³/mol. The van der Waals surface area contributed by atoms with E-state index in [4.69, 9.17) is 22.1 Å². The van der Waals surface area contributed by atoms with Crippen LogP contribution >= 0.6 is 0 Å². The van der Waals surface area contributed by atoms with Gasteiger partial charge in [-0.05, 0) is 131 Å². The van der Waals surface area contributed by atoms with E-state index in [2.05, 4.69) is 55.7 Å². The van der Waals surface area contributed by atoms with Crippen LogP contribution in [0, 0.1) is 25.7 Å². The molecule has 73 heavy (non-hydrogen) atoms. The monoisotopic (exact) mass is 1140 g/mol. The molecule has 0 saturated carbocycles. The van der Waals surface area contributed by atoms with E-state index >= 15 is 0 Å². The molecule has 0 unspecified atom stereocenters. The molecule has 366 valence electrons. The van der Waals surface area contributed by atoms with E-state index in [1.54, 1.807) is 12.1 Å². The van der Waals surface area contributed by atoms with Crippen molar-refractivity contribution < 1.29 is 42.3 Å². The van der Waals surface area contributed by atoms with Gasteiger partial charge in [-0.2, -0.15) is 12.1 Å². The summed E-state index contributed by atoms with van der Waals surface area (Å²) in [5.74, 6) is 1.56. The van der Waals surface area contributed by atoms with Gasteiger partial charge in [-0.1, -0.05) is 188 Å². The average Bonchev–Trinajstić information content (AvgIpc) is 1.47. The molecule has 11 aromatic rings. The van der Waals surface area contributed by atoms with E-state index in [0.717, 1.165) is 54.7 Å². The summed E-state index contributed by atoms with van der Waals surface area (Å²) in [6.07, 6.45) is 1.84. The Morgan fingerprint density at radius 1 is 0.548 bits per heavy atom. The average molecular weight is 1140 g/mol. The summed E-state index contributed by atoms with van der Waals surface area (Å²) in [5.41, 5.74) is 1.62. The van der Waals surface area contributed by atoms with Gasteiger partial charge in [0.05, 0.1) is 0 Å². The minimum absolute atomic E-state index is 0. The third-order valence-electron chi connectivity index (χ3n) is 14.0. The predicted octanol–water partition coefficient (Wildman–Crippen LogP) is 18.1. The molecule has 12 rings (SSSR count). The molecule has 1 aliphatic rings. The Balaban J connectivity index is 0.00000752. The summed E-state index contributed by atoms with van der Waals surface area (Å²) >= 11 is 0. The Morgan fingerprint density at radius 2 is 1.19 bits per heavy atom. The SMILES string of the molecule is [2H]C([2H])([2H])c1ccc(-c2cc(C(C)(C)C)cc(C(C([2H])([2H])[2H])(C([2H])([2H])[2H])C([2H])([2H])[2H])c2)c2c1c1ccccc1c1ccccc1c1cccc3c1n2[CH-]N3c1[c-]c(Oc2[c-]c3c(cc2)c2ccccc2n3-c2cc(C(C)(C)C)ccn2)ccc1.[Pt]. The molecule has 4 heterocycles. The first kappa shape index (κ1) is 35.7. The fourth-order valence-corrected chi connectivity index (χ4v) is 10.4. The van der Waals surface area contributed by atoms with Crippen molar-refractivity contribution >= 4 is 76.5 Å². The zero-order valence-electron chi connectivity index (χ0n) is 53.3. The maximum atomic E-state index is 9.20. The van der Waals surface area contributed by atoms with Crippen molar-refractivity contribution in [2.75, 3.05) is 4.90 Å². The normalized spacial score (nSPS) is 15.9. The molecule has 6 heteroatoms. The molecular weight excluding hydrogens is 1070 g/mol. The van der Waals surface area contributed by atoms with Crippen molar-refractivity contribution in [3.63, 3.8) is 0 Å². The number of aromatic nitrogens is 3. The fourth-order valence-electron chi connectivity index (χ4n) is 10.4. The molecule has 0 N–H and O–H groups in total. The smallest absolute Gasteiger partial charge is 0.135 e. The summed E-state index contributed by atoms with van der Waals surface area (Å²) < 4.78 is 118. The van der Waals surface area contributed by atoms with Gasteiger partial charge in [-0.3, -0.25) is 0 Å². The van der Waals surface area contributed by atoms with Crippen LogP contribution in [0.4, 0.5) is 11.4 Å². The van der Waals surface area contributed by atoms with E-state index in [1.807, 2.05) is 164 Å². The van der Waals surface area contributed by atoms with Crippen LogP contribution in [0.1, 0.15) is 101 Å². The van der Waals surface area contributed by atoms with E-state index in [0.29, 0.717) is 55.8 Å². The zero-order valence-corrected chi connectivity index (χ0v) is 43.5. The number of fused-ring (bicyclic) bond motifs is 10. The Kier molecular flexibility index (Phi) is 8.67. The van der Waals surface area contributed by atoms with E-state index < -0.39 is 43.8 Å². The van der Waals surface area contributed by atoms with Gasteiger partial charge in [-0.25, -0.2) is 4.98 Å². The van der Waals surface area contributed by atoms with E-state index in [1.165, 1.54) is 12.1 Å². The fraction of sp³-hybridized carbons (Fsp3) is 0.194. The van der Waals surface area contributed by atoms with Crippen molar-refractivity contribution in [2.24, 2.45) is 0 Å². The van der Waals surface area contributed by atoms with Gasteiger partial charge in [-0.15, -0.1) is 35.7 Å². The molecule has 0 amide bonds. The van der Waals surface area contributed by atoms with Crippen LogP contribution < -0.4 is 9.64 Å². The maximum absolute atomic E-state index is 9.20. The van der Waals surface area contributed by atoms with E-state index in [9.17, 15) is 4.11 Å². The second-order valence-corrected chi connectivity index (χ2v) is 20.9. The third kappa shape index (κ3) is 8.23. The van der Waals surface area contributed by atoms with Crippen molar-refractivity contribution in [1.82, 2.24) is 14.1 Å².